The highest BCUT2D eigenvalue weighted by molar-refractivity contribution is 6.00. The summed E-state index contributed by atoms with van der Waals surface area (Å²) < 4.78 is 13.4. The molecule has 0 aromatic heterocycles. The van der Waals surface area contributed by atoms with E-state index in [1.807, 2.05) is 0 Å². The smallest absolute Gasteiger partial charge is 0.339 e. The van der Waals surface area contributed by atoms with Crippen LogP contribution in [0.5, 0.6) is 0 Å². The molecule has 5 aliphatic carbocycles. The van der Waals surface area contributed by atoms with Gasteiger partial charge in [-0.3, -0.25) is 4.79 Å². The predicted octanol–water partition coefficient (Wildman–Crippen LogP) is 7.69. The molecule has 1 aromatic rings. The minimum Gasteiger partial charge on any atom is -0.449 e. The van der Waals surface area contributed by atoms with Crippen LogP contribution in [0.3, 0.4) is 0 Å². The van der Waals surface area contributed by atoms with E-state index in [1.54, 1.807) is 0 Å². The van der Waals surface area contributed by atoms with Crippen molar-refractivity contribution in [2.75, 3.05) is 6.54 Å². The molecule has 2 saturated carbocycles. The highest BCUT2D eigenvalue weighted by Gasteiger charge is 2.92. The number of benzene rings is 1. The number of aryl methyl sites for hydroxylation is 1. The molecule has 0 radical (unpaired) electrons. The number of rotatable bonds is 7. The standard InChI is InChI=1S/C38H47NO4/c1-3-5-18-31-36-20-19-26-27-16-7-12-23-11-6-14-25(32(23)27)22-29(26)37(36,35(41)42-31)30(10-4-2)38(36)28-17-8-13-24(15-9-21-39)33(28)34(40)43-38/h7-8,13,16-18,23,25,27,30,32H,3-6,9-12,14-15,19-22,39H2,1-2H3/t23-,25+,27-,30-,32+,36+,37-,38-/m0/s1. The minimum absolute atomic E-state index is 0.0690. The van der Waals surface area contributed by atoms with Crippen molar-refractivity contribution in [2.24, 2.45) is 46.2 Å². The highest BCUT2D eigenvalue weighted by Crippen LogP contribution is 2.87. The Hall–Kier alpha value is -2.66. The number of nitrogens with two attached hydrogens (primary N) is 1. The third-order valence-electron chi connectivity index (χ3n) is 13.1. The van der Waals surface area contributed by atoms with E-state index >= 15 is 0 Å². The molecular formula is C38H47NO4. The maximum absolute atomic E-state index is 14.8. The van der Waals surface area contributed by atoms with Crippen molar-refractivity contribution >= 4 is 11.9 Å². The number of allylic oxidation sites excluding steroid dienone is 4. The summed E-state index contributed by atoms with van der Waals surface area (Å²) in [6.07, 6.45) is 20.1. The van der Waals surface area contributed by atoms with Crippen LogP contribution in [-0.4, -0.2) is 18.5 Å². The summed E-state index contributed by atoms with van der Waals surface area (Å²) in [5.41, 5.74) is 9.24. The average molecular weight is 582 g/mol. The molecule has 3 fully saturated rings. The van der Waals surface area contributed by atoms with Crippen molar-refractivity contribution in [1.29, 1.82) is 0 Å². The Morgan fingerprint density at radius 3 is 2.79 bits per heavy atom. The molecule has 228 valence electrons. The summed E-state index contributed by atoms with van der Waals surface area (Å²) >= 11 is 0. The van der Waals surface area contributed by atoms with Crippen LogP contribution in [0.25, 0.3) is 0 Å². The topological polar surface area (TPSA) is 78.6 Å². The lowest BCUT2D eigenvalue weighted by Gasteiger charge is -2.72. The van der Waals surface area contributed by atoms with Crippen molar-refractivity contribution in [2.45, 2.75) is 103 Å². The third-order valence-corrected chi connectivity index (χ3v) is 13.1. The second kappa shape index (κ2) is 9.92. The molecule has 5 nitrogen and oxygen atoms in total. The maximum atomic E-state index is 14.8. The quantitative estimate of drug-likeness (QED) is 0.264. The highest BCUT2D eigenvalue weighted by atomic mass is 16.6. The van der Waals surface area contributed by atoms with E-state index in [2.05, 4.69) is 50.3 Å². The first kappa shape index (κ1) is 27.9. The van der Waals surface area contributed by atoms with Crippen LogP contribution >= 0.6 is 0 Å². The number of cyclic esters (lactones) is 1. The Morgan fingerprint density at radius 1 is 1.12 bits per heavy atom. The van der Waals surface area contributed by atoms with Crippen LogP contribution in [0.4, 0.5) is 0 Å². The summed E-state index contributed by atoms with van der Waals surface area (Å²) in [6.45, 7) is 4.96. The van der Waals surface area contributed by atoms with E-state index < -0.39 is 16.4 Å². The van der Waals surface area contributed by atoms with E-state index in [-0.39, 0.29) is 17.9 Å². The normalized spacial score (nSPS) is 40.8. The molecule has 0 bridgehead atoms. The van der Waals surface area contributed by atoms with Crippen molar-refractivity contribution < 1.29 is 19.1 Å². The second-order valence-corrected chi connectivity index (χ2v) is 14.6. The fourth-order valence-corrected chi connectivity index (χ4v) is 11.9. The van der Waals surface area contributed by atoms with Gasteiger partial charge in [0.1, 0.15) is 11.2 Å². The van der Waals surface area contributed by atoms with E-state index in [9.17, 15) is 9.59 Å². The lowest BCUT2D eigenvalue weighted by molar-refractivity contribution is -0.278. The molecule has 0 amide bonds. The molecule has 8 rings (SSSR count). The number of ether oxygens (including phenoxy) is 2. The van der Waals surface area contributed by atoms with Crippen LogP contribution in [0.2, 0.25) is 0 Å². The van der Waals surface area contributed by atoms with Gasteiger partial charge in [-0.1, -0.05) is 74.6 Å². The van der Waals surface area contributed by atoms with Gasteiger partial charge in [0.15, 0.2) is 5.60 Å². The number of hydrogen-bond donors (Lipinski definition) is 1. The van der Waals surface area contributed by atoms with Crippen LogP contribution in [0, 0.1) is 40.4 Å². The molecule has 2 heterocycles. The number of carbonyl (C=O) groups is 2. The zero-order chi connectivity index (χ0) is 29.6. The Labute approximate surface area is 256 Å². The van der Waals surface area contributed by atoms with Gasteiger partial charge in [-0.2, -0.15) is 0 Å². The van der Waals surface area contributed by atoms with Crippen LogP contribution in [0.15, 0.2) is 53.3 Å². The predicted molar refractivity (Wildman–Crippen MR) is 166 cm³/mol. The van der Waals surface area contributed by atoms with E-state index in [1.165, 1.54) is 36.8 Å². The van der Waals surface area contributed by atoms with Gasteiger partial charge in [-0.15, -0.1) is 0 Å². The number of unbranched alkanes of at least 4 members (excludes halogenated alkanes) is 1. The summed E-state index contributed by atoms with van der Waals surface area (Å²) in [5, 5.41) is 0. The lowest BCUT2D eigenvalue weighted by Crippen LogP contribution is -2.77. The molecule has 0 unspecified atom stereocenters. The molecule has 1 saturated heterocycles. The maximum Gasteiger partial charge on any atom is 0.339 e. The van der Waals surface area contributed by atoms with Gasteiger partial charge in [0.25, 0.3) is 0 Å². The fourth-order valence-electron chi connectivity index (χ4n) is 11.9. The average Bonchev–Trinajstić information content (AvgIpc) is 3.47. The Bertz CT molecular complexity index is 1470. The van der Waals surface area contributed by atoms with Crippen LogP contribution < -0.4 is 5.73 Å². The van der Waals surface area contributed by atoms with Crippen LogP contribution in [0.1, 0.15) is 112 Å². The first-order valence-corrected chi connectivity index (χ1v) is 17.4. The number of hydrogen-bond acceptors (Lipinski definition) is 5. The van der Waals surface area contributed by atoms with Gasteiger partial charge < -0.3 is 15.2 Å². The monoisotopic (exact) mass is 581 g/mol. The molecular weight excluding hydrogens is 534 g/mol. The molecule has 2 aliphatic heterocycles. The lowest BCUT2D eigenvalue weighted by atomic mass is 9.28. The summed E-state index contributed by atoms with van der Waals surface area (Å²) in [7, 11) is 0. The SMILES string of the molecule is CCCC=C1OC(=O)[C@@]23C4=C(CC[C@@]12[C@@]1(OC(=O)c2c(CCCN)cccc21)[C@H]3CCC)[C@@H]1C=CC[C@@H]2CCC[C@H](C4)[C@@H]21. The Balaban J connectivity index is 1.38. The number of esters is 2. The van der Waals surface area contributed by atoms with E-state index in [0.29, 0.717) is 24.3 Å². The molecule has 5 heteroatoms. The van der Waals surface area contributed by atoms with Gasteiger partial charge in [0, 0.05) is 17.4 Å². The first-order chi connectivity index (χ1) is 21.0. The zero-order valence-corrected chi connectivity index (χ0v) is 26.0. The van der Waals surface area contributed by atoms with Gasteiger partial charge in [0.2, 0.25) is 0 Å². The molecule has 7 aliphatic rings. The van der Waals surface area contributed by atoms with Gasteiger partial charge in [-0.05, 0) is 100 Å². The fraction of sp³-hybridized carbons (Fsp3) is 0.632. The van der Waals surface area contributed by atoms with Crippen LogP contribution in [-0.2, 0) is 26.3 Å². The molecule has 1 aromatic carbocycles. The molecule has 8 atom stereocenters. The Kier molecular flexibility index (Phi) is 6.43. The first-order valence-electron chi connectivity index (χ1n) is 17.4. The summed E-state index contributed by atoms with van der Waals surface area (Å²) in [4.78, 5) is 28.9. The third kappa shape index (κ3) is 3.18. The van der Waals surface area contributed by atoms with Crippen molar-refractivity contribution in [3.8, 4) is 0 Å². The Morgan fingerprint density at radius 2 is 1.98 bits per heavy atom. The minimum atomic E-state index is -0.882. The second-order valence-electron chi connectivity index (χ2n) is 14.6. The van der Waals surface area contributed by atoms with Crippen molar-refractivity contribution in [3.05, 3.63) is 70.0 Å². The van der Waals surface area contributed by atoms with Gasteiger partial charge in [-0.25, -0.2) is 4.79 Å². The summed E-state index contributed by atoms with van der Waals surface area (Å²) in [5.74, 6) is 2.91. The summed E-state index contributed by atoms with van der Waals surface area (Å²) in [6, 6.07) is 6.29. The van der Waals surface area contributed by atoms with E-state index in [0.717, 1.165) is 86.2 Å². The largest absolute Gasteiger partial charge is 0.449 e. The van der Waals surface area contributed by atoms with E-state index in [4.69, 9.17) is 15.2 Å². The number of carbonyl (C=O) groups excluding carboxylic acids is 2. The zero-order valence-electron chi connectivity index (χ0n) is 26.0. The molecule has 1 spiro atoms. The van der Waals surface area contributed by atoms with Gasteiger partial charge in [0.05, 0.1) is 11.0 Å². The van der Waals surface area contributed by atoms with Crippen molar-refractivity contribution in [3.63, 3.8) is 0 Å². The molecule has 43 heavy (non-hydrogen) atoms. The van der Waals surface area contributed by atoms with Gasteiger partial charge >= 0.3 is 11.9 Å². The van der Waals surface area contributed by atoms with Crippen molar-refractivity contribution in [1.82, 2.24) is 0 Å². The number of fused-ring (bicyclic) bond motifs is 3. The molecule has 2 N–H and O–H groups in total.